The lowest BCUT2D eigenvalue weighted by atomic mass is 10.1. The van der Waals surface area contributed by atoms with Crippen LogP contribution in [-0.2, 0) is 14.3 Å². The number of hydrogen-bond donors (Lipinski definition) is 1. The second kappa shape index (κ2) is 8.00. The number of hydrogen-bond acceptors (Lipinski definition) is 4. The third kappa shape index (κ3) is 5.07. The van der Waals surface area contributed by atoms with Crippen LogP contribution in [0, 0.1) is 0 Å². The second-order valence-electron chi connectivity index (χ2n) is 4.67. The summed E-state index contributed by atoms with van der Waals surface area (Å²) in [5, 5.41) is 9.56. The number of esters is 1. The van der Waals surface area contributed by atoms with Crippen molar-refractivity contribution in [3.05, 3.63) is 67.3 Å². The summed E-state index contributed by atoms with van der Waals surface area (Å²) < 4.78 is 9.42. The van der Waals surface area contributed by atoms with Crippen molar-refractivity contribution in [2.24, 2.45) is 0 Å². The molecule has 1 atom stereocenters. The molecule has 0 bridgehead atoms. The second-order valence-corrected chi connectivity index (χ2v) is 4.67. The molecule has 2 aromatic rings. The van der Waals surface area contributed by atoms with Crippen molar-refractivity contribution in [3.8, 4) is 16.9 Å². The minimum absolute atomic E-state index is 0.147. The SMILES string of the molecule is C=CC(=O)OCC1CO1.Oc1ccccc1-c1ccccc1. The number of carbonyl (C=O) groups excluding carboxylic acids is 1. The van der Waals surface area contributed by atoms with E-state index in [2.05, 4.69) is 11.3 Å². The van der Waals surface area contributed by atoms with E-state index >= 15 is 0 Å². The Morgan fingerprint density at radius 2 is 1.86 bits per heavy atom. The van der Waals surface area contributed by atoms with Gasteiger partial charge in [0, 0.05) is 11.6 Å². The quantitative estimate of drug-likeness (QED) is 0.535. The predicted octanol–water partition coefficient (Wildman–Crippen LogP) is 3.17. The van der Waals surface area contributed by atoms with Gasteiger partial charge >= 0.3 is 5.97 Å². The smallest absolute Gasteiger partial charge is 0.330 e. The van der Waals surface area contributed by atoms with E-state index in [0.717, 1.165) is 17.2 Å². The van der Waals surface area contributed by atoms with Gasteiger partial charge in [-0.25, -0.2) is 4.79 Å². The summed E-state index contributed by atoms with van der Waals surface area (Å²) in [7, 11) is 0. The maximum Gasteiger partial charge on any atom is 0.330 e. The first kappa shape index (κ1) is 15.8. The van der Waals surface area contributed by atoms with Crippen molar-refractivity contribution in [2.75, 3.05) is 13.2 Å². The van der Waals surface area contributed by atoms with Crippen LogP contribution in [0.1, 0.15) is 0 Å². The van der Waals surface area contributed by atoms with Crippen molar-refractivity contribution in [2.45, 2.75) is 6.10 Å². The van der Waals surface area contributed by atoms with Crippen LogP contribution in [0.4, 0.5) is 0 Å². The van der Waals surface area contributed by atoms with Gasteiger partial charge in [-0.1, -0.05) is 55.1 Å². The first-order chi connectivity index (χ1) is 10.7. The molecule has 114 valence electrons. The Labute approximate surface area is 129 Å². The molecule has 0 aliphatic carbocycles. The number of epoxide rings is 1. The highest BCUT2D eigenvalue weighted by atomic mass is 16.6. The third-order valence-corrected chi connectivity index (χ3v) is 2.97. The first-order valence-electron chi connectivity index (χ1n) is 6.95. The fraction of sp³-hybridized carbons (Fsp3) is 0.167. The number of rotatable bonds is 4. The molecule has 1 heterocycles. The molecule has 22 heavy (non-hydrogen) atoms. The summed E-state index contributed by atoms with van der Waals surface area (Å²) in [6, 6.07) is 17.2. The number of phenols is 1. The van der Waals surface area contributed by atoms with Gasteiger partial charge in [0.1, 0.15) is 18.5 Å². The summed E-state index contributed by atoms with van der Waals surface area (Å²) in [5.74, 6) is -0.0563. The van der Waals surface area contributed by atoms with Crippen molar-refractivity contribution < 1.29 is 19.4 Å². The largest absolute Gasteiger partial charge is 0.507 e. The first-order valence-corrected chi connectivity index (χ1v) is 6.95. The van der Waals surface area contributed by atoms with E-state index in [-0.39, 0.29) is 12.1 Å². The van der Waals surface area contributed by atoms with E-state index in [0.29, 0.717) is 19.0 Å². The molecular weight excluding hydrogens is 280 g/mol. The summed E-state index contributed by atoms with van der Waals surface area (Å²) >= 11 is 0. The fourth-order valence-corrected chi connectivity index (χ4v) is 1.73. The molecule has 1 aliphatic heterocycles. The number of carbonyl (C=O) groups is 1. The highest BCUT2D eigenvalue weighted by molar-refractivity contribution is 5.81. The lowest BCUT2D eigenvalue weighted by Gasteiger charge is -2.02. The molecule has 1 N–H and O–H groups in total. The van der Waals surface area contributed by atoms with E-state index < -0.39 is 0 Å². The number of aromatic hydroxyl groups is 1. The molecule has 1 fully saturated rings. The summed E-state index contributed by atoms with van der Waals surface area (Å²) in [4.78, 5) is 10.3. The zero-order valence-corrected chi connectivity index (χ0v) is 12.1. The van der Waals surface area contributed by atoms with E-state index in [1.54, 1.807) is 6.07 Å². The number of phenolic OH excluding ortho intramolecular Hbond substituents is 1. The van der Waals surface area contributed by atoms with Crippen molar-refractivity contribution in [3.63, 3.8) is 0 Å². The molecule has 1 aliphatic rings. The zero-order valence-electron chi connectivity index (χ0n) is 12.1. The van der Waals surface area contributed by atoms with Crippen LogP contribution in [-0.4, -0.2) is 30.4 Å². The maximum absolute atomic E-state index is 10.3. The zero-order chi connectivity index (χ0) is 15.8. The Bertz CT molecular complexity index is 618. The Morgan fingerprint density at radius 3 is 2.45 bits per heavy atom. The molecular formula is C18H18O4. The van der Waals surface area contributed by atoms with E-state index in [1.165, 1.54) is 0 Å². The van der Waals surface area contributed by atoms with Crippen LogP contribution in [0.15, 0.2) is 67.3 Å². The highest BCUT2D eigenvalue weighted by Gasteiger charge is 2.23. The number of para-hydroxylation sites is 1. The van der Waals surface area contributed by atoms with Crippen molar-refractivity contribution in [1.82, 2.24) is 0 Å². The maximum atomic E-state index is 10.3. The van der Waals surface area contributed by atoms with E-state index in [9.17, 15) is 9.90 Å². The van der Waals surface area contributed by atoms with Gasteiger partial charge < -0.3 is 14.6 Å². The molecule has 4 heteroatoms. The van der Waals surface area contributed by atoms with Gasteiger partial charge in [-0.05, 0) is 11.6 Å². The standard InChI is InChI=1S/C12H10O.C6H8O3/c13-12-9-5-4-8-11(12)10-6-2-1-3-7-10;1-2-6(7)9-4-5-3-8-5/h1-9,13H;2,5H,1,3-4H2. The number of benzene rings is 2. The van der Waals surface area contributed by atoms with Gasteiger partial charge in [-0.2, -0.15) is 0 Å². The van der Waals surface area contributed by atoms with Gasteiger partial charge in [-0.15, -0.1) is 0 Å². The molecule has 0 amide bonds. The molecule has 1 saturated heterocycles. The molecule has 4 nitrogen and oxygen atoms in total. The molecule has 0 spiro atoms. The Morgan fingerprint density at radius 1 is 1.23 bits per heavy atom. The average Bonchev–Trinajstić information content (AvgIpc) is 3.39. The summed E-state index contributed by atoms with van der Waals surface area (Å²) in [6.07, 6.45) is 1.29. The normalized spacial score (nSPS) is 15.2. The predicted molar refractivity (Wildman–Crippen MR) is 84.4 cm³/mol. The van der Waals surface area contributed by atoms with Crippen LogP contribution >= 0.6 is 0 Å². The minimum atomic E-state index is -0.384. The Kier molecular flexibility index (Phi) is 5.74. The van der Waals surface area contributed by atoms with Crippen molar-refractivity contribution >= 4 is 5.97 Å². The van der Waals surface area contributed by atoms with Gasteiger partial charge in [0.05, 0.1) is 6.61 Å². The van der Waals surface area contributed by atoms with E-state index in [1.807, 2.05) is 48.5 Å². The minimum Gasteiger partial charge on any atom is -0.507 e. The van der Waals surface area contributed by atoms with Gasteiger partial charge in [-0.3, -0.25) is 0 Å². The van der Waals surface area contributed by atoms with Crippen LogP contribution < -0.4 is 0 Å². The lowest BCUT2D eigenvalue weighted by Crippen LogP contribution is -2.06. The van der Waals surface area contributed by atoms with Crippen LogP contribution in [0.5, 0.6) is 5.75 Å². The Hall–Kier alpha value is -2.59. The molecule has 3 rings (SSSR count). The molecule has 1 unspecified atom stereocenters. The monoisotopic (exact) mass is 298 g/mol. The molecule has 0 saturated carbocycles. The number of ether oxygens (including phenoxy) is 2. The molecule has 2 aromatic carbocycles. The van der Waals surface area contributed by atoms with Gasteiger partial charge in [0.15, 0.2) is 0 Å². The summed E-state index contributed by atoms with van der Waals surface area (Å²) in [5.41, 5.74) is 1.92. The van der Waals surface area contributed by atoms with Crippen LogP contribution in [0.2, 0.25) is 0 Å². The van der Waals surface area contributed by atoms with Gasteiger partial charge in [0.2, 0.25) is 0 Å². The Balaban J connectivity index is 0.000000172. The van der Waals surface area contributed by atoms with Crippen LogP contribution in [0.25, 0.3) is 11.1 Å². The lowest BCUT2D eigenvalue weighted by molar-refractivity contribution is -0.138. The summed E-state index contributed by atoms with van der Waals surface area (Å²) in [6.45, 7) is 4.32. The van der Waals surface area contributed by atoms with E-state index in [4.69, 9.17) is 4.74 Å². The third-order valence-electron chi connectivity index (χ3n) is 2.97. The highest BCUT2D eigenvalue weighted by Crippen LogP contribution is 2.27. The van der Waals surface area contributed by atoms with Crippen molar-refractivity contribution in [1.29, 1.82) is 0 Å². The molecule has 0 aromatic heterocycles. The topological polar surface area (TPSA) is 59.1 Å². The molecule has 0 radical (unpaired) electrons. The van der Waals surface area contributed by atoms with Crippen LogP contribution in [0.3, 0.4) is 0 Å². The van der Waals surface area contributed by atoms with Gasteiger partial charge in [0.25, 0.3) is 0 Å². The average molecular weight is 298 g/mol. The fourth-order valence-electron chi connectivity index (χ4n) is 1.73.